The molecule has 26 heavy (non-hydrogen) atoms. The standard InChI is InChI=1S/C21H33FN2O2/c1-6-24(7-2)20(26)10-8-9-19(25)23-18(15-21(3,4)5)16-11-13-17(22)14-12-16/h11-14,18H,6-10,15H2,1-5H3,(H,23,25). The lowest BCUT2D eigenvalue weighted by Gasteiger charge is -2.27. The van der Waals surface area contributed by atoms with Crippen LogP contribution < -0.4 is 5.32 Å². The predicted octanol–water partition coefficient (Wildman–Crippen LogP) is 4.46. The average Bonchev–Trinajstić information content (AvgIpc) is 2.54. The zero-order valence-electron chi connectivity index (χ0n) is 16.8. The highest BCUT2D eigenvalue weighted by atomic mass is 19.1. The second kappa shape index (κ2) is 10.3. The van der Waals surface area contributed by atoms with Crippen molar-refractivity contribution in [3.63, 3.8) is 0 Å². The van der Waals surface area contributed by atoms with Gasteiger partial charge in [-0.25, -0.2) is 4.39 Å². The number of benzene rings is 1. The van der Waals surface area contributed by atoms with Crippen molar-refractivity contribution in [2.75, 3.05) is 13.1 Å². The molecule has 0 aliphatic carbocycles. The lowest BCUT2D eigenvalue weighted by atomic mass is 9.85. The normalized spacial score (nSPS) is 12.5. The van der Waals surface area contributed by atoms with Gasteiger partial charge >= 0.3 is 0 Å². The summed E-state index contributed by atoms with van der Waals surface area (Å²) in [4.78, 5) is 26.1. The van der Waals surface area contributed by atoms with Crippen LogP contribution in [0.25, 0.3) is 0 Å². The highest BCUT2D eigenvalue weighted by Gasteiger charge is 2.22. The van der Waals surface area contributed by atoms with E-state index in [2.05, 4.69) is 26.1 Å². The van der Waals surface area contributed by atoms with E-state index in [-0.39, 0.29) is 29.1 Å². The summed E-state index contributed by atoms with van der Waals surface area (Å²) >= 11 is 0. The average molecular weight is 365 g/mol. The van der Waals surface area contributed by atoms with Crippen LogP contribution in [0.4, 0.5) is 4.39 Å². The fourth-order valence-corrected chi connectivity index (χ4v) is 2.96. The second-order valence-electron chi connectivity index (χ2n) is 7.86. The number of rotatable bonds is 9. The molecule has 0 heterocycles. The summed E-state index contributed by atoms with van der Waals surface area (Å²) in [5, 5.41) is 3.05. The summed E-state index contributed by atoms with van der Waals surface area (Å²) in [5.74, 6) is -0.270. The van der Waals surface area contributed by atoms with E-state index in [9.17, 15) is 14.0 Å². The van der Waals surface area contributed by atoms with Crippen LogP contribution in [0.15, 0.2) is 24.3 Å². The fraction of sp³-hybridized carbons (Fsp3) is 0.619. The highest BCUT2D eigenvalue weighted by Crippen LogP contribution is 2.29. The van der Waals surface area contributed by atoms with Crippen molar-refractivity contribution in [1.82, 2.24) is 10.2 Å². The maximum atomic E-state index is 13.2. The monoisotopic (exact) mass is 364 g/mol. The topological polar surface area (TPSA) is 49.4 Å². The van der Waals surface area contributed by atoms with Gasteiger partial charge in [-0.05, 0) is 49.8 Å². The Morgan fingerprint density at radius 1 is 1.08 bits per heavy atom. The van der Waals surface area contributed by atoms with Crippen LogP contribution >= 0.6 is 0 Å². The van der Waals surface area contributed by atoms with Gasteiger partial charge in [0.2, 0.25) is 11.8 Å². The van der Waals surface area contributed by atoms with E-state index in [1.165, 1.54) is 12.1 Å². The molecule has 0 saturated carbocycles. The van der Waals surface area contributed by atoms with Crippen LogP contribution in [0.3, 0.4) is 0 Å². The van der Waals surface area contributed by atoms with Crippen LogP contribution in [0.5, 0.6) is 0 Å². The third-order valence-electron chi connectivity index (χ3n) is 4.33. The molecule has 1 aromatic rings. The molecule has 0 fully saturated rings. The Morgan fingerprint density at radius 2 is 1.65 bits per heavy atom. The van der Waals surface area contributed by atoms with Gasteiger partial charge in [0.1, 0.15) is 5.82 Å². The highest BCUT2D eigenvalue weighted by molar-refractivity contribution is 5.79. The minimum absolute atomic E-state index is 0.0189. The second-order valence-corrected chi connectivity index (χ2v) is 7.86. The SMILES string of the molecule is CCN(CC)C(=O)CCCC(=O)NC(CC(C)(C)C)c1ccc(F)cc1. The lowest BCUT2D eigenvalue weighted by Crippen LogP contribution is -2.32. The van der Waals surface area contributed by atoms with Crippen LogP contribution in [0.2, 0.25) is 0 Å². The van der Waals surface area contributed by atoms with Crippen LogP contribution in [0, 0.1) is 11.2 Å². The molecule has 0 aliphatic heterocycles. The van der Waals surface area contributed by atoms with Gasteiger partial charge in [0.25, 0.3) is 0 Å². The molecule has 0 aliphatic rings. The van der Waals surface area contributed by atoms with E-state index >= 15 is 0 Å². The first-order valence-electron chi connectivity index (χ1n) is 9.49. The molecule has 0 bridgehead atoms. The maximum Gasteiger partial charge on any atom is 0.222 e. The van der Waals surface area contributed by atoms with E-state index < -0.39 is 0 Å². The van der Waals surface area contributed by atoms with Crippen LogP contribution in [0.1, 0.15) is 71.9 Å². The number of nitrogens with zero attached hydrogens (tertiary/aromatic N) is 1. The van der Waals surface area contributed by atoms with Crippen molar-refractivity contribution in [1.29, 1.82) is 0 Å². The van der Waals surface area contributed by atoms with Crippen molar-refractivity contribution >= 4 is 11.8 Å². The first-order chi connectivity index (χ1) is 12.2. The summed E-state index contributed by atoms with van der Waals surface area (Å²) < 4.78 is 13.2. The molecule has 146 valence electrons. The zero-order valence-corrected chi connectivity index (χ0v) is 16.8. The molecule has 4 nitrogen and oxygen atoms in total. The van der Waals surface area contributed by atoms with Crippen molar-refractivity contribution in [2.45, 2.75) is 66.3 Å². The van der Waals surface area contributed by atoms with Crippen molar-refractivity contribution in [3.05, 3.63) is 35.6 Å². The van der Waals surface area contributed by atoms with Crippen LogP contribution in [-0.2, 0) is 9.59 Å². The molecule has 1 aromatic carbocycles. The smallest absolute Gasteiger partial charge is 0.222 e. The Bertz CT molecular complexity index is 575. The molecule has 2 amide bonds. The minimum atomic E-state index is -0.287. The molecular formula is C21H33FN2O2. The van der Waals surface area contributed by atoms with E-state index in [1.807, 2.05) is 13.8 Å². The summed E-state index contributed by atoms with van der Waals surface area (Å²) in [7, 11) is 0. The van der Waals surface area contributed by atoms with E-state index in [1.54, 1.807) is 17.0 Å². The Morgan fingerprint density at radius 3 is 2.15 bits per heavy atom. The molecule has 1 atom stereocenters. The Balaban J connectivity index is 2.62. The molecule has 1 N–H and O–H groups in total. The predicted molar refractivity (Wildman–Crippen MR) is 103 cm³/mol. The van der Waals surface area contributed by atoms with Gasteiger partial charge in [-0.1, -0.05) is 32.9 Å². The number of nitrogens with one attached hydrogen (secondary N) is 1. The number of carbonyl (C=O) groups excluding carboxylic acids is 2. The summed E-state index contributed by atoms with van der Waals surface area (Å²) in [5.41, 5.74) is 0.916. The molecule has 0 spiro atoms. The number of hydrogen-bond donors (Lipinski definition) is 1. The Labute approximate surface area is 157 Å². The number of carbonyl (C=O) groups is 2. The van der Waals surface area contributed by atoms with Gasteiger partial charge in [-0.15, -0.1) is 0 Å². The summed E-state index contributed by atoms with van der Waals surface area (Å²) in [6.07, 6.45) is 1.99. The zero-order chi connectivity index (χ0) is 19.7. The van der Waals surface area contributed by atoms with E-state index in [4.69, 9.17) is 0 Å². The van der Waals surface area contributed by atoms with Crippen molar-refractivity contribution in [2.24, 2.45) is 5.41 Å². The van der Waals surface area contributed by atoms with Gasteiger partial charge in [-0.3, -0.25) is 9.59 Å². The first-order valence-corrected chi connectivity index (χ1v) is 9.49. The minimum Gasteiger partial charge on any atom is -0.349 e. The fourth-order valence-electron chi connectivity index (χ4n) is 2.96. The Hall–Kier alpha value is -1.91. The molecular weight excluding hydrogens is 331 g/mol. The molecule has 0 aromatic heterocycles. The quantitative estimate of drug-likeness (QED) is 0.703. The molecule has 0 radical (unpaired) electrons. The number of amides is 2. The van der Waals surface area contributed by atoms with Gasteiger partial charge in [0.05, 0.1) is 6.04 Å². The van der Waals surface area contributed by atoms with Gasteiger partial charge < -0.3 is 10.2 Å². The van der Waals surface area contributed by atoms with Crippen molar-refractivity contribution in [3.8, 4) is 0 Å². The van der Waals surface area contributed by atoms with Crippen LogP contribution in [-0.4, -0.2) is 29.8 Å². The van der Waals surface area contributed by atoms with Gasteiger partial charge in [0, 0.05) is 25.9 Å². The summed E-state index contributed by atoms with van der Waals surface area (Å²) in [6.45, 7) is 11.6. The molecule has 1 rings (SSSR count). The third kappa shape index (κ3) is 7.98. The molecule has 5 heteroatoms. The van der Waals surface area contributed by atoms with Crippen molar-refractivity contribution < 1.29 is 14.0 Å². The lowest BCUT2D eigenvalue weighted by molar-refractivity contribution is -0.131. The largest absolute Gasteiger partial charge is 0.349 e. The van der Waals surface area contributed by atoms with Gasteiger partial charge in [-0.2, -0.15) is 0 Å². The maximum absolute atomic E-state index is 13.2. The number of halogens is 1. The number of hydrogen-bond acceptors (Lipinski definition) is 2. The van der Waals surface area contributed by atoms with E-state index in [0.29, 0.717) is 32.4 Å². The first kappa shape index (κ1) is 22.1. The summed E-state index contributed by atoms with van der Waals surface area (Å²) in [6, 6.07) is 6.10. The van der Waals surface area contributed by atoms with Gasteiger partial charge in [0.15, 0.2) is 0 Å². The third-order valence-corrected chi connectivity index (χ3v) is 4.33. The van der Waals surface area contributed by atoms with E-state index in [0.717, 1.165) is 12.0 Å². The molecule has 0 saturated heterocycles. The Kier molecular flexibility index (Phi) is 8.76. The molecule has 1 unspecified atom stereocenters.